The molecule has 0 aromatic heterocycles. The summed E-state index contributed by atoms with van der Waals surface area (Å²) in [6, 6.07) is -2.97. The number of likely N-dealkylation sites (tertiary alicyclic amines) is 1. The molecule has 3 N–H and O–H groups in total. The Balaban J connectivity index is 1.86. The molecule has 5 atom stereocenters. The second-order valence-electron chi connectivity index (χ2n) is 13.2. The minimum absolute atomic E-state index is 0.0607. The maximum absolute atomic E-state index is 14.2. The first-order valence-corrected chi connectivity index (χ1v) is 14.8. The van der Waals surface area contributed by atoms with Gasteiger partial charge in [0.25, 0.3) is 5.91 Å². The van der Waals surface area contributed by atoms with Crippen LogP contribution in [0.5, 0.6) is 0 Å². The van der Waals surface area contributed by atoms with E-state index < -0.39 is 53.3 Å². The van der Waals surface area contributed by atoms with Crippen LogP contribution in [0.3, 0.4) is 0 Å². The lowest BCUT2D eigenvalue weighted by atomic mass is 9.82. The molecule has 0 aromatic rings. The fraction of sp³-hybridized carbons (Fsp3) is 0.677. The van der Waals surface area contributed by atoms with Gasteiger partial charge in [0.05, 0.1) is 6.04 Å². The van der Waals surface area contributed by atoms with Crippen LogP contribution in [-0.2, 0) is 28.7 Å². The number of allylic oxidation sites excluding steroid dienone is 1. The van der Waals surface area contributed by atoms with Crippen molar-refractivity contribution in [3.63, 3.8) is 0 Å². The van der Waals surface area contributed by atoms with Crippen molar-refractivity contribution in [1.29, 1.82) is 0 Å². The van der Waals surface area contributed by atoms with E-state index in [2.05, 4.69) is 29.1 Å². The number of hydrogen-bond acceptors (Lipinski definition) is 7. The zero-order valence-corrected chi connectivity index (χ0v) is 25.5. The third kappa shape index (κ3) is 7.66. The lowest BCUT2D eigenvalue weighted by molar-refractivity contribution is -0.145. The molecule has 232 valence electrons. The minimum atomic E-state index is -1.10. The highest BCUT2D eigenvalue weighted by molar-refractivity contribution is 6.38. The van der Waals surface area contributed by atoms with Gasteiger partial charge in [-0.1, -0.05) is 26.0 Å². The number of hydrogen-bond donors (Lipinski definition) is 3. The molecule has 3 fully saturated rings. The molecule has 1 heterocycles. The second-order valence-corrected chi connectivity index (χ2v) is 13.2. The lowest BCUT2D eigenvalue weighted by Crippen LogP contribution is -2.60. The molecule has 3 rings (SSSR count). The Bertz CT molecular complexity index is 1110. The van der Waals surface area contributed by atoms with Crippen LogP contribution in [0.25, 0.3) is 0 Å². The van der Waals surface area contributed by atoms with Gasteiger partial charge in [-0.25, -0.2) is 4.79 Å². The first-order valence-electron chi connectivity index (χ1n) is 14.8. The van der Waals surface area contributed by atoms with E-state index in [0.29, 0.717) is 38.6 Å². The molecule has 3 aliphatic rings. The number of carbonyl (C=O) groups is 6. The SMILES string of the molecule is C=CCCC(NC(=O)C1C2C(CN1C(=O)C(NC(=O)OC(C)(C)C)C1CCC(=O)CC1)C2(C)C)C(=O)C(=O)NCC=C. The average Bonchev–Trinajstić information content (AvgIpc) is 3.23. The average molecular weight is 587 g/mol. The first kappa shape index (κ1) is 33.0. The molecule has 2 saturated carbocycles. The minimum Gasteiger partial charge on any atom is -0.444 e. The highest BCUT2D eigenvalue weighted by Crippen LogP contribution is 2.65. The Morgan fingerprint density at radius 3 is 2.29 bits per heavy atom. The summed E-state index contributed by atoms with van der Waals surface area (Å²) in [6.07, 6.45) is 4.36. The Morgan fingerprint density at radius 2 is 1.71 bits per heavy atom. The fourth-order valence-electron chi connectivity index (χ4n) is 6.32. The van der Waals surface area contributed by atoms with E-state index in [0.717, 1.165) is 0 Å². The Kier molecular flexibility index (Phi) is 10.4. The second kappa shape index (κ2) is 13.2. The van der Waals surface area contributed by atoms with E-state index in [9.17, 15) is 28.8 Å². The molecule has 0 aromatic carbocycles. The quantitative estimate of drug-likeness (QED) is 0.235. The molecular formula is C31H46N4O7. The number of fused-ring (bicyclic) bond motifs is 1. The molecule has 11 nitrogen and oxygen atoms in total. The molecule has 1 saturated heterocycles. The van der Waals surface area contributed by atoms with Crippen LogP contribution in [0, 0.1) is 23.2 Å². The van der Waals surface area contributed by atoms with Crippen LogP contribution in [0.4, 0.5) is 4.79 Å². The Morgan fingerprint density at radius 1 is 1.07 bits per heavy atom. The number of nitrogens with one attached hydrogen (secondary N) is 3. The van der Waals surface area contributed by atoms with Crippen molar-refractivity contribution in [3.8, 4) is 0 Å². The predicted octanol–water partition coefficient (Wildman–Crippen LogP) is 2.44. The highest BCUT2D eigenvalue weighted by atomic mass is 16.6. The van der Waals surface area contributed by atoms with Gasteiger partial charge in [0.2, 0.25) is 17.6 Å². The fourth-order valence-corrected chi connectivity index (χ4v) is 6.32. The summed E-state index contributed by atoms with van der Waals surface area (Å²) in [5.41, 5.74) is -0.987. The lowest BCUT2D eigenvalue weighted by Gasteiger charge is -2.37. The van der Waals surface area contributed by atoms with Crippen molar-refractivity contribution in [2.45, 2.75) is 96.9 Å². The van der Waals surface area contributed by atoms with Gasteiger partial charge in [0.15, 0.2) is 0 Å². The number of piperidine rings is 1. The van der Waals surface area contributed by atoms with Gasteiger partial charge in [-0.3, -0.25) is 24.0 Å². The van der Waals surface area contributed by atoms with Crippen molar-refractivity contribution in [3.05, 3.63) is 25.3 Å². The number of ether oxygens (including phenoxy) is 1. The van der Waals surface area contributed by atoms with Crippen LogP contribution in [-0.4, -0.2) is 77.1 Å². The van der Waals surface area contributed by atoms with Crippen LogP contribution >= 0.6 is 0 Å². The number of amides is 4. The molecule has 42 heavy (non-hydrogen) atoms. The number of alkyl carbamates (subject to hydrolysis) is 1. The number of carbonyl (C=O) groups excluding carboxylic acids is 6. The largest absolute Gasteiger partial charge is 0.444 e. The predicted molar refractivity (Wildman–Crippen MR) is 156 cm³/mol. The van der Waals surface area contributed by atoms with Gasteiger partial charge in [0, 0.05) is 25.9 Å². The van der Waals surface area contributed by atoms with Crippen molar-refractivity contribution < 1.29 is 33.5 Å². The summed E-state index contributed by atoms with van der Waals surface area (Å²) in [5, 5.41) is 7.95. The van der Waals surface area contributed by atoms with E-state index in [4.69, 9.17) is 4.74 Å². The van der Waals surface area contributed by atoms with Gasteiger partial charge in [-0.2, -0.15) is 0 Å². The molecule has 5 unspecified atom stereocenters. The van der Waals surface area contributed by atoms with Crippen LogP contribution in [0.1, 0.15) is 73.1 Å². The van der Waals surface area contributed by atoms with Crippen LogP contribution in [0.2, 0.25) is 0 Å². The summed E-state index contributed by atoms with van der Waals surface area (Å²) < 4.78 is 5.44. The summed E-state index contributed by atoms with van der Waals surface area (Å²) in [5.74, 6) is -2.83. The summed E-state index contributed by atoms with van der Waals surface area (Å²) >= 11 is 0. The summed E-state index contributed by atoms with van der Waals surface area (Å²) in [7, 11) is 0. The maximum Gasteiger partial charge on any atom is 0.408 e. The summed E-state index contributed by atoms with van der Waals surface area (Å²) in [4.78, 5) is 79.7. The van der Waals surface area contributed by atoms with E-state index in [1.807, 2.05) is 13.8 Å². The Hall–Kier alpha value is -3.50. The van der Waals surface area contributed by atoms with E-state index >= 15 is 0 Å². The number of nitrogens with zero attached hydrogens (tertiary/aromatic N) is 1. The van der Waals surface area contributed by atoms with Gasteiger partial charge >= 0.3 is 6.09 Å². The number of rotatable bonds is 12. The van der Waals surface area contributed by atoms with Crippen molar-refractivity contribution in [2.75, 3.05) is 13.1 Å². The van der Waals surface area contributed by atoms with Gasteiger partial charge in [-0.05, 0) is 69.6 Å². The summed E-state index contributed by atoms with van der Waals surface area (Å²) in [6.45, 7) is 16.9. The highest BCUT2D eigenvalue weighted by Gasteiger charge is 2.69. The maximum atomic E-state index is 14.2. The van der Waals surface area contributed by atoms with E-state index in [1.54, 1.807) is 26.8 Å². The molecule has 11 heteroatoms. The van der Waals surface area contributed by atoms with Gasteiger partial charge in [0.1, 0.15) is 23.5 Å². The van der Waals surface area contributed by atoms with Crippen LogP contribution < -0.4 is 16.0 Å². The zero-order valence-electron chi connectivity index (χ0n) is 25.5. The van der Waals surface area contributed by atoms with Crippen molar-refractivity contribution in [2.24, 2.45) is 23.2 Å². The van der Waals surface area contributed by atoms with E-state index in [-0.39, 0.29) is 41.9 Å². The monoisotopic (exact) mass is 586 g/mol. The Labute approximate surface area is 248 Å². The number of Topliss-reactive ketones (excluding diaryl/α,β-unsaturated/α-hetero) is 2. The van der Waals surface area contributed by atoms with Gasteiger partial charge < -0.3 is 25.6 Å². The molecule has 0 radical (unpaired) electrons. The normalized spacial score (nSPS) is 24.5. The smallest absolute Gasteiger partial charge is 0.408 e. The standard InChI is InChI=1S/C31H46N4O7/c1-8-10-11-21(25(37)27(39)32-16-9-2)33-26(38)24-22-20(31(22,6)7)17-35(24)28(40)23(18-12-14-19(36)15-13-18)34-29(41)42-30(3,4)5/h8-9,18,20-24H,1-2,10-17H2,3-7H3,(H,32,39)(H,33,38)(H,34,41). The third-order valence-electron chi connectivity index (χ3n) is 8.68. The van der Waals surface area contributed by atoms with Crippen LogP contribution in [0.15, 0.2) is 25.3 Å². The molecule has 0 spiro atoms. The molecular weight excluding hydrogens is 540 g/mol. The number of ketones is 2. The van der Waals surface area contributed by atoms with E-state index in [1.165, 1.54) is 11.0 Å². The van der Waals surface area contributed by atoms with Crippen molar-refractivity contribution >= 4 is 35.4 Å². The third-order valence-corrected chi connectivity index (χ3v) is 8.68. The van der Waals surface area contributed by atoms with Crippen molar-refractivity contribution in [1.82, 2.24) is 20.9 Å². The molecule has 2 aliphatic carbocycles. The molecule has 0 bridgehead atoms. The molecule has 1 aliphatic heterocycles. The molecule has 4 amide bonds. The zero-order chi connectivity index (χ0) is 31.4. The first-order chi connectivity index (χ1) is 19.6. The van der Waals surface area contributed by atoms with Gasteiger partial charge in [-0.15, -0.1) is 13.2 Å². The topological polar surface area (TPSA) is 151 Å².